The van der Waals surface area contributed by atoms with Crippen LogP contribution < -0.4 is 10.1 Å². The number of alkyl halides is 3. The maximum Gasteiger partial charge on any atom is 0.418 e. The molecule has 1 aromatic heterocycles. The summed E-state index contributed by atoms with van der Waals surface area (Å²) in [6, 6.07) is 17.1. The number of ether oxygens (including phenoxy) is 1. The quantitative estimate of drug-likeness (QED) is 0.345. The van der Waals surface area contributed by atoms with Gasteiger partial charge in [0.05, 0.1) is 18.4 Å². The van der Waals surface area contributed by atoms with Crippen LogP contribution in [0.1, 0.15) is 30.3 Å². The fourth-order valence-corrected chi connectivity index (χ4v) is 4.43. The third-order valence-electron chi connectivity index (χ3n) is 6.09. The number of methoxy groups -OCH3 is 1. The molecular weight excluding hydrogens is 459 g/mol. The van der Waals surface area contributed by atoms with E-state index in [9.17, 15) is 18.0 Å². The number of rotatable bonds is 4. The molecule has 6 nitrogen and oxygen atoms in total. The minimum atomic E-state index is -4.58. The van der Waals surface area contributed by atoms with Crippen LogP contribution in [0.25, 0.3) is 22.2 Å². The average Bonchev–Trinajstić information content (AvgIpc) is 3.50. The van der Waals surface area contributed by atoms with E-state index in [1.54, 1.807) is 7.11 Å². The first kappa shape index (κ1) is 22.8. The van der Waals surface area contributed by atoms with Crippen molar-refractivity contribution < 1.29 is 27.1 Å². The predicted octanol–water partition coefficient (Wildman–Crippen LogP) is 6.89. The summed E-state index contributed by atoms with van der Waals surface area (Å²) >= 11 is 0. The third kappa shape index (κ3) is 4.41. The van der Waals surface area contributed by atoms with Gasteiger partial charge in [0.15, 0.2) is 5.58 Å². The number of benzene rings is 3. The lowest BCUT2D eigenvalue weighted by Crippen LogP contribution is -2.35. The molecule has 2 amide bonds. The predicted molar refractivity (Wildman–Crippen MR) is 125 cm³/mol. The Morgan fingerprint density at radius 1 is 1.11 bits per heavy atom. The van der Waals surface area contributed by atoms with E-state index in [0.29, 0.717) is 36.4 Å². The largest absolute Gasteiger partial charge is 0.496 e. The Morgan fingerprint density at radius 3 is 2.69 bits per heavy atom. The summed E-state index contributed by atoms with van der Waals surface area (Å²) < 4.78 is 51.4. The molecular formula is C26H22F3N3O3. The van der Waals surface area contributed by atoms with Gasteiger partial charge in [0.25, 0.3) is 0 Å². The van der Waals surface area contributed by atoms with Crippen molar-refractivity contribution in [3.05, 3.63) is 78.2 Å². The normalized spacial score (nSPS) is 16.0. The fourth-order valence-electron chi connectivity index (χ4n) is 4.43. The molecule has 180 valence electrons. The van der Waals surface area contributed by atoms with Crippen LogP contribution in [0, 0.1) is 0 Å². The van der Waals surface area contributed by atoms with E-state index in [0.717, 1.165) is 22.9 Å². The van der Waals surface area contributed by atoms with E-state index in [-0.39, 0.29) is 5.69 Å². The Morgan fingerprint density at radius 2 is 1.89 bits per heavy atom. The number of urea groups is 1. The van der Waals surface area contributed by atoms with Crippen LogP contribution in [0.5, 0.6) is 5.75 Å². The molecule has 2 heterocycles. The average molecular weight is 481 g/mol. The van der Waals surface area contributed by atoms with Crippen LogP contribution in [-0.4, -0.2) is 29.6 Å². The van der Waals surface area contributed by atoms with E-state index < -0.39 is 23.8 Å². The van der Waals surface area contributed by atoms with Crippen LogP contribution in [-0.2, 0) is 6.18 Å². The van der Waals surface area contributed by atoms with Crippen LogP contribution in [0.3, 0.4) is 0 Å². The lowest BCUT2D eigenvalue weighted by Gasteiger charge is -2.23. The minimum Gasteiger partial charge on any atom is -0.496 e. The van der Waals surface area contributed by atoms with Crippen molar-refractivity contribution in [2.24, 2.45) is 0 Å². The number of para-hydroxylation sites is 2. The lowest BCUT2D eigenvalue weighted by molar-refractivity contribution is -0.136. The second kappa shape index (κ2) is 8.98. The number of anilines is 1. The van der Waals surface area contributed by atoms with Crippen molar-refractivity contribution in [1.82, 2.24) is 9.88 Å². The van der Waals surface area contributed by atoms with Gasteiger partial charge < -0.3 is 19.4 Å². The molecule has 3 aromatic carbocycles. The zero-order chi connectivity index (χ0) is 24.6. The fraction of sp³-hybridized carbons (Fsp3) is 0.231. The number of nitrogens with one attached hydrogen (secondary N) is 1. The highest BCUT2D eigenvalue weighted by atomic mass is 19.4. The smallest absolute Gasteiger partial charge is 0.418 e. The SMILES string of the molecule is COc1ccccc1-c1ccc2oc([C@@H]3CCCN3C(=O)Nc3ccccc3C(F)(F)F)nc2c1. The molecule has 1 N–H and O–H groups in total. The molecule has 0 spiro atoms. The standard InChI is InChI=1S/C26H22F3N3O3/c1-34-22-11-5-2-7-17(22)16-12-13-23-20(15-16)30-24(35-23)21-10-6-14-32(21)25(33)31-19-9-4-3-8-18(19)26(27,28)29/h2-5,7-9,11-13,15,21H,6,10,14H2,1H3,(H,31,33)/t21-/m0/s1. The van der Waals surface area contributed by atoms with Crippen molar-refractivity contribution in [2.75, 3.05) is 19.0 Å². The number of carbonyl (C=O) groups is 1. The zero-order valence-corrected chi connectivity index (χ0v) is 18.8. The number of amides is 2. The second-order valence-corrected chi connectivity index (χ2v) is 8.26. The van der Waals surface area contributed by atoms with Gasteiger partial charge >= 0.3 is 12.2 Å². The highest BCUT2D eigenvalue weighted by molar-refractivity contribution is 5.91. The number of hydrogen-bond acceptors (Lipinski definition) is 4. The number of oxazole rings is 1. The number of aromatic nitrogens is 1. The number of fused-ring (bicyclic) bond motifs is 1. The summed E-state index contributed by atoms with van der Waals surface area (Å²) in [4.78, 5) is 19.1. The van der Waals surface area contributed by atoms with E-state index in [2.05, 4.69) is 10.3 Å². The Bertz CT molecular complexity index is 1380. The van der Waals surface area contributed by atoms with Gasteiger partial charge in [-0.25, -0.2) is 9.78 Å². The molecule has 4 aromatic rings. The highest BCUT2D eigenvalue weighted by Crippen LogP contribution is 2.38. The van der Waals surface area contributed by atoms with E-state index in [4.69, 9.17) is 9.15 Å². The number of hydrogen-bond donors (Lipinski definition) is 1. The van der Waals surface area contributed by atoms with Gasteiger partial charge in [-0.1, -0.05) is 36.4 Å². The molecule has 9 heteroatoms. The van der Waals surface area contributed by atoms with E-state index in [1.165, 1.54) is 23.1 Å². The molecule has 0 bridgehead atoms. The molecule has 1 saturated heterocycles. The first-order valence-electron chi connectivity index (χ1n) is 11.1. The van der Waals surface area contributed by atoms with Crippen LogP contribution in [0.2, 0.25) is 0 Å². The molecule has 0 saturated carbocycles. The van der Waals surface area contributed by atoms with Crippen LogP contribution in [0.4, 0.5) is 23.7 Å². The summed E-state index contributed by atoms with van der Waals surface area (Å²) in [6.07, 6.45) is -3.29. The van der Waals surface area contributed by atoms with Gasteiger partial charge in [0, 0.05) is 12.1 Å². The first-order valence-corrected chi connectivity index (χ1v) is 11.1. The minimum absolute atomic E-state index is 0.283. The summed E-state index contributed by atoms with van der Waals surface area (Å²) in [6.45, 7) is 0.385. The Hall–Kier alpha value is -4.01. The molecule has 0 radical (unpaired) electrons. The molecule has 1 aliphatic rings. The molecule has 1 aliphatic heterocycles. The van der Waals surface area contributed by atoms with Gasteiger partial charge in [-0.15, -0.1) is 0 Å². The summed E-state index contributed by atoms with van der Waals surface area (Å²) in [5.74, 6) is 1.09. The highest BCUT2D eigenvalue weighted by Gasteiger charge is 2.37. The van der Waals surface area contributed by atoms with Gasteiger partial charge in [0.2, 0.25) is 5.89 Å². The van der Waals surface area contributed by atoms with Crippen LogP contribution in [0.15, 0.2) is 71.1 Å². The molecule has 35 heavy (non-hydrogen) atoms. The van der Waals surface area contributed by atoms with E-state index >= 15 is 0 Å². The molecule has 0 aliphatic carbocycles. The molecule has 5 rings (SSSR count). The Balaban J connectivity index is 1.41. The number of likely N-dealkylation sites (tertiary alicyclic amines) is 1. The van der Waals surface area contributed by atoms with Gasteiger partial charge in [-0.05, 0) is 48.7 Å². The lowest BCUT2D eigenvalue weighted by atomic mass is 10.0. The van der Waals surface area contributed by atoms with Gasteiger partial charge in [-0.3, -0.25) is 0 Å². The summed E-state index contributed by atoms with van der Waals surface area (Å²) in [7, 11) is 1.61. The number of halogens is 3. The van der Waals surface area contributed by atoms with Crippen molar-refractivity contribution in [2.45, 2.75) is 25.1 Å². The second-order valence-electron chi connectivity index (χ2n) is 8.26. The van der Waals surface area contributed by atoms with Gasteiger partial charge in [-0.2, -0.15) is 13.2 Å². The van der Waals surface area contributed by atoms with E-state index in [1.807, 2.05) is 42.5 Å². The third-order valence-corrected chi connectivity index (χ3v) is 6.09. The maximum atomic E-state index is 13.3. The van der Waals surface area contributed by atoms with Crippen LogP contribution >= 0.6 is 0 Å². The van der Waals surface area contributed by atoms with Crippen molar-refractivity contribution in [1.29, 1.82) is 0 Å². The number of nitrogens with zero attached hydrogens (tertiary/aromatic N) is 2. The number of carbonyl (C=O) groups excluding carboxylic acids is 1. The summed E-state index contributed by atoms with van der Waals surface area (Å²) in [5.41, 5.74) is 1.82. The monoisotopic (exact) mass is 481 g/mol. The first-order chi connectivity index (χ1) is 16.8. The molecule has 1 atom stereocenters. The summed E-state index contributed by atoms with van der Waals surface area (Å²) in [5, 5.41) is 2.42. The Labute approximate surface area is 199 Å². The maximum absolute atomic E-state index is 13.3. The van der Waals surface area contributed by atoms with Crippen molar-refractivity contribution >= 4 is 22.8 Å². The van der Waals surface area contributed by atoms with Crippen molar-refractivity contribution in [3.63, 3.8) is 0 Å². The van der Waals surface area contributed by atoms with Gasteiger partial charge in [0.1, 0.15) is 17.3 Å². The van der Waals surface area contributed by atoms with Crippen molar-refractivity contribution in [3.8, 4) is 16.9 Å². The topological polar surface area (TPSA) is 67.6 Å². The zero-order valence-electron chi connectivity index (χ0n) is 18.8. The molecule has 1 fully saturated rings. The Kier molecular flexibility index (Phi) is 5.84. The molecule has 0 unspecified atom stereocenters.